The fourth-order valence-corrected chi connectivity index (χ4v) is 3.54. The molecule has 8 nitrogen and oxygen atoms in total. The number of hydrogen-bond donors (Lipinski definition) is 1. The molecule has 1 N–H and O–H groups in total. The lowest BCUT2D eigenvalue weighted by Gasteiger charge is -2.35. The molecule has 0 aliphatic carbocycles. The lowest BCUT2D eigenvalue weighted by atomic mass is 10.2. The first kappa shape index (κ1) is 22.3. The summed E-state index contributed by atoms with van der Waals surface area (Å²) in [5.41, 5.74) is 1.68. The molecule has 1 aliphatic rings. The highest BCUT2D eigenvalue weighted by atomic mass is 19.1. The topological polar surface area (TPSA) is 81.7 Å². The van der Waals surface area contributed by atoms with Crippen molar-refractivity contribution in [2.24, 2.45) is 0 Å². The van der Waals surface area contributed by atoms with Gasteiger partial charge in [-0.3, -0.25) is 14.5 Å². The van der Waals surface area contributed by atoms with E-state index in [0.717, 1.165) is 5.69 Å². The van der Waals surface area contributed by atoms with Gasteiger partial charge in [-0.25, -0.2) is 14.4 Å². The molecule has 1 saturated heterocycles. The van der Waals surface area contributed by atoms with Gasteiger partial charge in [0.2, 0.25) is 11.9 Å². The zero-order valence-electron chi connectivity index (χ0n) is 18.3. The van der Waals surface area contributed by atoms with Gasteiger partial charge in [-0.05, 0) is 36.4 Å². The highest BCUT2D eigenvalue weighted by Gasteiger charge is 2.22. The Morgan fingerprint density at radius 3 is 2.24 bits per heavy atom. The van der Waals surface area contributed by atoms with Crippen LogP contribution < -0.4 is 15.1 Å². The Hall–Kier alpha value is -3.85. The van der Waals surface area contributed by atoms with E-state index in [1.165, 1.54) is 36.7 Å². The Labute approximate surface area is 191 Å². The average molecular weight is 449 g/mol. The van der Waals surface area contributed by atoms with E-state index in [1.807, 2.05) is 35.2 Å². The molecule has 170 valence electrons. The number of piperazine rings is 1. The van der Waals surface area contributed by atoms with Gasteiger partial charge in [-0.1, -0.05) is 18.2 Å². The van der Waals surface area contributed by atoms with E-state index in [9.17, 15) is 14.0 Å². The van der Waals surface area contributed by atoms with Crippen molar-refractivity contribution in [1.82, 2.24) is 14.9 Å². The zero-order valence-corrected chi connectivity index (χ0v) is 18.3. The molecule has 0 unspecified atom stereocenters. The lowest BCUT2D eigenvalue weighted by molar-refractivity contribution is -0.119. The summed E-state index contributed by atoms with van der Waals surface area (Å²) in [4.78, 5) is 39.4. The molecule has 1 fully saturated rings. The smallest absolute Gasteiger partial charge is 0.258 e. The molecule has 0 atom stereocenters. The number of amides is 2. The van der Waals surface area contributed by atoms with E-state index < -0.39 is 0 Å². The van der Waals surface area contributed by atoms with E-state index >= 15 is 0 Å². The maximum absolute atomic E-state index is 13.0. The minimum absolute atomic E-state index is 0.0439. The van der Waals surface area contributed by atoms with Crippen molar-refractivity contribution in [3.63, 3.8) is 0 Å². The van der Waals surface area contributed by atoms with Gasteiger partial charge in [-0.2, -0.15) is 0 Å². The monoisotopic (exact) mass is 448 g/mol. The third-order valence-corrected chi connectivity index (χ3v) is 5.53. The molecule has 1 aromatic heterocycles. The van der Waals surface area contributed by atoms with Crippen molar-refractivity contribution in [2.75, 3.05) is 54.9 Å². The van der Waals surface area contributed by atoms with Gasteiger partial charge in [-0.15, -0.1) is 0 Å². The summed E-state index contributed by atoms with van der Waals surface area (Å²) in [7, 11) is 1.79. The number of halogens is 1. The third-order valence-electron chi connectivity index (χ3n) is 5.53. The normalized spacial score (nSPS) is 14.1. The van der Waals surface area contributed by atoms with Crippen LogP contribution in [0.2, 0.25) is 0 Å². The van der Waals surface area contributed by atoms with Crippen molar-refractivity contribution < 1.29 is 14.0 Å². The fraction of sp³-hybridized carbons (Fsp3) is 0.250. The Bertz CT molecular complexity index is 1080. The molecule has 2 heterocycles. The molecule has 1 aliphatic heterocycles. The maximum Gasteiger partial charge on any atom is 0.258 e. The second kappa shape index (κ2) is 10.2. The van der Waals surface area contributed by atoms with Crippen LogP contribution >= 0.6 is 0 Å². The van der Waals surface area contributed by atoms with Crippen LogP contribution in [0.5, 0.6) is 0 Å². The van der Waals surface area contributed by atoms with Gasteiger partial charge in [0.15, 0.2) is 0 Å². The summed E-state index contributed by atoms with van der Waals surface area (Å²) in [6.07, 6.45) is 2.96. The predicted octanol–water partition coefficient (Wildman–Crippen LogP) is 2.65. The molecule has 33 heavy (non-hydrogen) atoms. The van der Waals surface area contributed by atoms with Gasteiger partial charge in [0.1, 0.15) is 5.82 Å². The van der Waals surface area contributed by atoms with Crippen molar-refractivity contribution in [3.05, 3.63) is 78.4 Å². The van der Waals surface area contributed by atoms with Gasteiger partial charge >= 0.3 is 0 Å². The minimum Gasteiger partial charge on any atom is -0.338 e. The third kappa shape index (κ3) is 5.69. The Kier molecular flexibility index (Phi) is 6.89. The molecule has 0 bridgehead atoms. The number of likely N-dealkylation sites (N-methyl/N-ethyl adjacent to an activating group) is 1. The maximum atomic E-state index is 13.0. The first-order valence-corrected chi connectivity index (χ1v) is 10.7. The highest BCUT2D eigenvalue weighted by Crippen LogP contribution is 2.15. The van der Waals surface area contributed by atoms with Crippen molar-refractivity contribution >= 4 is 29.1 Å². The molecule has 2 amide bonds. The first-order chi connectivity index (χ1) is 16.0. The van der Waals surface area contributed by atoms with Crippen molar-refractivity contribution in [2.45, 2.75) is 0 Å². The molecule has 3 aromatic rings. The van der Waals surface area contributed by atoms with E-state index in [-0.39, 0.29) is 17.6 Å². The second-order valence-electron chi connectivity index (χ2n) is 7.78. The van der Waals surface area contributed by atoms with Crippen LogP contribution in [0.3, 0.4) is 0 Å². The quantitative estimate of drug-likeness (QED) is 0.625. The molecule has 4 rings (SSSR count). The number of anilines is 3. The summed E-state index contributed by atoms with van der Waals surface area (Å²) in [6.45, 7) is 3.14. The predicted molar refractivity (Wildman–Crippen MR) is 125 cm³/mol. The van der Waals surface area contributed by atoms with Gasteiger partial charge in [0.05, 0.1) is 12.1 Å². The molecule has 2 aromatic carbocycles. The molecular formula is C24H25FN6O2. The van der Waals surface area contributed by atoms with Gasteiger partial charge in [0.25, 0.3) is 5.91 Å². The molecule has 0 radical (unpaired) electrons. The van der Waals surface area contributed by atoms with E-state index in [2.05, 4.69) is 20.2 Å². The van der Waals surface area contributed by atoms with Crippen LogP contribution in [-0.4, -0.2) is 66.5 Å². The number of hydrogen-bond acceptors (Lipinski definition) is 6. The van der Waals surface area contributed by atoms with E-state index in [4.69, 9.17) is 0 Å². The van der Waals surface area contributed by atoms with Crippen molar-refractivity contribution in [3.8, 4) is 0 Å². The summed E-state index contributed by atoms with van der Waals surface area (Å²) < 4.78 is 13.0. The average Bonchev–Trinajstić information content (AvgIpc) is 2.86. The van der Waals surface area contributed by atoms with Crippen molar-refractivity contribution in [1.29, 1.82) is 0 Å². The Morgan fingerprint density at radius 1 is 0.970 bits per heavy atom. The lowest BCUT2D eigenvalue weighted by Crippen LogP contribution is -2.50. The number of aromatic nitrogens is 2. The number of nitrogens with zero attached hydrogens (tertiary/aromatic N) is 5. The molecule has 0 spiro atoms. The standard InChI is InChI=1S/C24H25FN6O2/c1-29(21-5-3-2-4-6-21)22(32)17-30-11-13-31(14-12-30)24-26-15-18(16-27-24)23(33)28-20-9-7-19(25)8-10-20/h2-10,15-16H,11-14,17H2,1H3,(H,28,33). The highest BCUT2D eigenvalue weighted by molar-refractivity contribution is 6.03. The van der Waals surface area contributed by atoms with E-state index in [0.29, 0.717) is 49.9 Å². The number of nitrogens with one attached hydrogen (secondary N) is 1. The summed E-state index contributed by atoms with van der Waals surface area (Å²) >= 11 is 0. The Balaban J connectivity index is 1.27. The van der Waals surface area contributed by atoms with E-state index in [1.54, 1.807) is 11.9 Å². The molecule has 9 heteroatoms. The summed E-state index contributed by atoms with van der Waals surface area (Å²) in [6, 6.07) is 15.1. The fourth-order valence-electron chi connectivity index (χ4n) is 3.54. The number of carbonyl (C=O) groups excluding carboxylic acids is 2. The van der Waals surface area contributed by atoms with Crippen LogP contribution in [0.4, 0.5) is 21.7 Å². The largest absolute Gasteiger partial charge is 0.338 e. The Morgan fingerprint density at radius 2 is 1.61 bits per heavy atom. The molecular weight excluding hydrogens is 423 g/mol. The first-order valence-electron chi connectivity index (χ1n) is 10.7. The van der Waals surface area contributed by atoms with Crippen LogP contribution in [-0.2, 0) is 4.79 Å². The zero-order chi connectivity index (χ0) is 23.2. The van der Waals surface area contributed by atoms with Gasteiger partial charge in [0, 0.05) is 57.0 Å². The van der Waals surface area contributed by atoms with Gasteiger partial charge < -0.3 is 15.1 Å². The number of benzene rings is 2. The molecule has 0 saturated carbocycles. The second-order valence-corrected chi connectivity index (χ2v) is 7.78. The van der Waals surface area contributed by atoms with Crippen LogP contribution in [0.15, 0.2) is 67.0 Å². The van der Waals surface area contributed by atoms with Crippen LogP contribution in [0.1, 0.15) is 10.4 Å². The van der Waals surface area contributed by atoms with Crippen LogP contribution in [0, 0.1) is 5.82 Å². The summed E-state index contributed by atoms with van der Waals surface area (Å²) in [5, 5.41) is 2.69. The van der Waals surface area contributed by atoms with Crippen LogP contribution in [0.25, 0.3) is 0 Å². The number of carbonyl (C=O) groups is 2. The SMILES string of the molecule is CN(C(=O)CN1CCN(c2ncc(C(=O)Nc3ccc(F)cc3)cn2)CC1)c1ccccc1. The summed E-state index contributed by atoms with van der Waals surface area (Å²) in [5.74, 6) is -0.143. The minimum atomic E-state index is -0.367. The number of para-hydroxylation sites is 1. The number of rotatable bonds is 6.